The molecule has 3 aromatic carbocycles. The molecule has 34 heavy (non-hydrogen) atoms. The molecule has 5 aromatic rings. The fourth-order valence-electron chi connectivity index (χ4n) is 4.89. The van der Waals surface area contributed by atoms with Crippen LogP contribution in [0, 0.1) is 6.92 Å². The number of allylic oxidation sites excluding steroid dienone is 3. The summed E-state index contributed by atoms with van der Waals surface area (Å²) in [5.41, 5.74) is 8.19. The van der Waals surface area contributed by atoms with Crippen LogP contribution in [0.5, 0.6) is 0 Å². The third-order valence-corrected chi connectivity index (χ3v) is 6.74. The van der Waals surface area contributed by atoms with Gasteiger partial charge >= 0.3 is 0 Å². The Labute approximate surface area is 203 Å². The van der Waals surface area contributed by atoms with Gasteiger partial charge in [0.1, 0.15) is 22.7 Å². The van der Waals surface area contributed by atoms with E-state index in [2.05, 4.69) is 61.5 Å². The second kappa shape index (κ2) is 8.23. The second-order valence-corrected chi connectivity index (χ2v) is 9.00. The van der Waals surface area contributed by atoms with Gasteiger partial charge < -0.3 is 8.83 Å². The standard InChI is InChI=1S/C31H23ClO2/c1-3-9-28-19(2)21-13-8-14-26(30(21)33-28)27-18-20(32)16-17-22(27)24-11-4-5-12-25-23-10-6-7-15-29(23)34-31(24)25/h3,5-18H,4H2,1-2H3/b9-3-. The third-order valence-electron chi connectivity index (χ3n) is 6.50. The molecule has 3 heteroatoms. The van der Waals surface area contributed by atoms with Crippen LogP contribution < -0.4 is 0 Å². The van der Waals surface area contributed by atoms with Crippen molar-refractivity contribution in [2.75, 3.05) is 0 Å². The zero-order valence-corrected chi connectivity index (χ0v) is 19.8. The molecular formula is C31H23ClO2. The number of rotatable bonds is 3. The topological polar surface area (TPSA) is 26.3 Å². The lowest BCUT2D eigenvalue weighted by Gasteiger charge is -2.14. The van der Waals surface area contributed by atoms with Gasteiger partial charge in [-0.05, 0) is 55.7 Å². The summed E-state index contributed by atoms with van der Waals surface area (Å²) in [5, 5.41) is 2.92. The molecule has 166 valence electrons. The van der Waals surface area contributed by atoms with Gasteiger partial charge in [-0.3, -0.25) is 0 Å². The maximum atomic E-state index is 6.54. The summed E-state index contributed by atoms with van der Waals surface area (Å²) in [7, 11) is 0. The molecule has 2 nitrogen and oxygen atoms in total. The molecule has 1 aliphatic rings. The predicted octanol–water partition coefficient (Wildman–Crippen LogP) is 9.69. The number of hydrogen-bond acceptors (Lipinski definition) is 2. The molecule has 0 N–H and O–H groups in total. The highest BCUT2D eigenvalue weighted by atomic mass is 35.5. The fraction of sp³-hybridized carbons (Fsp3) is 0.0968. The zero-order chi connectivity index (χ0) is 23.2. The van der Waals surface area contributed by atoms with Crippen LogP contribution in [-0.4, -0.2) is 0 Å². The average molecular weight is 463 g/mol. The molecule has 0 saturated carbocycles. The van der Waals surface area contributed by atoms with E-state index < -0.39 is 0 Å². The number of benzene rings is 3. The van der Waals surface area contributed by atoms with Gasteiger partial charge in [0.05, 0.1) is 0 Å². The minimum atomic E-state index is 0.685. The van der Waals surface area contributed by atoms with Crippen molar-refractivity contribution in [2.45, 2.75) is 20.3 Å². The summed E-state index contributed by atoms with van der Waals surface area (Å²) in [6.45, 7) is 4.10. The van der Waals surface area contributed by atoms with Crippen LogP contribution >= 0.6 is 11.6 Å². The highest BCUT2D eigenvalue weighted by Gasteiger charge is 2.23. The Balaban J connectivity index is 1.62. The van der Waals surface area contributed by atoms with Crippen molar-refractivity contribution in [3.8, 4) is 11.1 Å². The molecule has 1 aliphatic carbocycles. The summed E-state index contributed by atoms with van der Waals surface area (Å²) < 4.78 is 12.8. The average Bonchev–Trinajstić information content (AvgIpc) is 3.29. The van der Waals surface area contributed by atoms with Crippen molar-refractivity contribution in [1.82, 2.24) is 0 Å². The van der Waals surface area contributed by atoms with E-state index >= 15 is 0 Å². The van der Waals surface area contributed by atoms with Gasteiger partial charge in [0.2, 0.25) is 0 Å². The Kier molecular flexibility index (Phi) is 5.04. The molecule has 0 aliphatic heterocycles. The molecule has 0 saturated heterocycles. The molecule has 0 amide bonds. The Hall–Kier alpha value is -3.75. The highest BCUT2D eigenvalue weighted by molar-refractivity contribution is 6.31. The summed E-state index contributed by atoms with van der Waals surface area (Å²) in [5.74, 6) is 1.77. The molecule has 0 radical (unpaired) electrons. The van der Waals surface area contributed by atoms with Crippen LogP contribution in [0.1, 0.15) is 41.6 Å². The van der Waals surface area contributed by atoms with Gasteiger partial charge in [-0.2, -0.15) is 0 Å². The van der Waals surface area contributed by atoms with Crippen molar-refractivity contribution in [3.63, 3.8) is 0 Å². The van der Waals surface area contributed by atoms with E-state index in [1.807, 2.05) is 43.3 Å². The quantitative estimate of drug-likeness (QED) is 0.266. The van der Waals surface area contributed by atoms with Crippen LogP contribution in [0.2, 0.25) is 5.02 Å². The smallest absolute Gasteiger partial charge is 0.142 e. The van der Waals surface area contributed by atoms with Gasteiger partial charge in [0.25, 0.3) is 0 Å². The molecule has 0 bridgehead atoms. The number of para-hydroxylation sites is 2. The second-order valence-electron chi connectivity index (χ2n) is 8.56. The number of halogens is 1. The van der Waals surface area contributed by atoms with Crippen molar-refractivity contribution in [3.05, 3.63) is 112 Å². The number of hydrogen-bond donors (Lipinski definition) is 0. The minimum absolute atomic E-state index is 0.685. The van der Waals surface area contributed by atoms with Crippen molar-refractivity contribution >= 4 is 51.3 Å². The fourth-order valence-corrected chi connectivity index (χ4v) is 5.06. The van der Waals surface area contributed by atoms with Gasteiger partial charge in [-0.1, -0.05) is 78.4 Å². The lowest BCUT2D eigenvalue weighted by molar-refractivity contribution is 0.599. The Morgan fingerprint density at radius 3 is 2.62 bits per heavy atom. The summed E-state index contributed by atoms with van der Waals surface area (Å²) in [4.78, 5) is 0. The first-order valence-electron chi connectivity index (χ1n) is 11.5. The molecule has 2 heterocycles. The van der Waals surface area contributed by atoms with E-state index in [9.17, 15) is 0 Å². The zero-order valence-electron chi connectivity index (χ0n) is 19.1. The maximum absolute atomic E-state index is 6.54. The van der Waals surface area contributed by atoms with Crippen LogP contribution in [0.3, 0.4) is 0 Å². The summed E-state index contributed by atoms with van der Waals surface area (Å²) in [6.07, 6.45) is 11.4. The molecule has 0 spiro atoms. The van der Waals surface area contributed by atoms with E-state index in [-0.39, 0.29) is 0 Å². The highest BCUT2D eigenvalue weighted by Crippen LogP contribution is 2.43. The van der Waals surface area contributed by atoms with E-state index in [0.717, 1.165) is 73.3 Å². The van der Waals surface area contributed by atoms with E-state index in [0.29, 0.717) is 5.02 Å². The van der Waals surface area contributed by atoms with Crippen LogP contribution in [0.15, 0.2) is 87.7 Å². The first kappa shape index (κ1) is 20.8. The van der Waals surface area contributed by atoms with E-state index in [1.165, 1.54) is 0 Å². The predicted molar refractivity (Wildman–Crippen MR) is 143 cm³/mol. The summed E-state index contributed by atoms with van der Waals surface area (Å²) in [6, 6.07) is 20.6. The molecular weight excluding hydrogens is 440 g/mol. The Morgan fingerprint density at radius 2 is 1.74 bits per heavy atom. The SMILES string of the molecule is C/C=C\c1oc2c(-c3cc(Cl)ccc3C3=CCC=Cc4c3oc3ccccc43)cccc2c1C. The lowest BCUT2D eigenvalue weighted by atomic mass is 9.91. The van der Waals surface area contributed by atoms with Crippen molar-refractivity contribution < 1.29 is 8.83 Å². The molecule has 6 rings (SSSR count). The van der Waals surface area contributed by atoms with Gasteiger partial charge in [0.15, 0.2) is 0 Å². The van der Waals surface area contributed by atoms with Crippen LogP contribution in [0.4, 0.5) is 0 Å². The Morgan fingerprint density at radius 1 is 0.882 bits per heavy atom. The lowest BCUT2D eigenvalue weighted by Crippen LogP contribution is -1.93. The number of fused-ring (bicyclic) bond motifs is 4. The normalized spacial score (nSPS) is 13.6. The Bertz CT molecular complexity index is 1660. The first-order chi connectivity index (χ1) is 16.7. The van der Waals surface area contributed by atoms with Gasteiger partial charge in [-0.25, -0.2) is 0 Å². The number of aryl methyl sites for hydroxylation is 1. The van der Waals surface area contributed by atoms with Gasteiger partial charge in [0, 0.05) is 38.1 Å². The third kappa shape index (κ3) is 3.26. The van der Waals surface area contributed by atoms with E-state index in [1.54, 1.807) is 0 Å². The minimum Gasteiger partial charge on any atom is -0.456 e. The van der Waals surface area contributed by atoms with Crippen LogP contribution in [0.25, 0.3) is 50.8 Å². The van der Waals surface area contributed by atoms with Crippen molar-refractivity contribution in [1.29, 1.82) is 0 Å². The van der Waals surface area contributed by atoms with Crippen molar-refractivity contribution in [2.24, 2.45) is 0 Å². The molecule has 2 aromatic heterocycles. The maximum Gasteiger partial charge on any atom is 0.142 e. The molecule has 0 fully saturated rings. The van der Waals surface area contributed by atoms with Crippen LogP contribution in [-0.2, 0) is 0 Å². The first-order valence-corrected chi connectivity index (χ1v) is 11.9. The molecule has 0 atom stereocenters. The van der Waals surface area contributed by atoms with E-state index in [4.69, 9.17) is 20.4 Å². The molecule has 0 unspecified atom stereocenters. The summed E-state index contributed by atoms with van der Waals surface area (Å²) >= 11 is 6.54. The van der Waals surface area contributed by atoms with Gasteiger partial charge in [-0.15, -0.1) is 0 Å². The monoisotopic (exact) mass is 462 g/mol. The largest absolute Gasteiger partial charge is 0.456 e. The number of furan rings is 2.